The molecule has 0 fully saturated rings. The molecule has 5 nitrogen and oxygen atoms in total. The Morgan fingerprint density at radius 1 is 1.06 bits per heavy atom. The summed E-state index contributed by atoms with van der Waals surface area (Å²) in [5.41, 5.74) is 9.10. The van der Waals surface area contributed by atoms with Crippen LogP contribution in [0.2, 0.25) is 0 Å². The van der Waals surface area contributed by atoms with Crippen molar-refractivity contribution in [3.63, 3.8) is 0 Å². The number of aromatic nitrogens is 2. The van der Waals surface area contributed by atoms with Crippen LogP contribution in [0.25, 0.3) is 10.2 Å². The highest BCUT2D eigenvalue weighted by atomic mass is 32.1. The molecule has 0 saturated carbocycles. The molecule has 0 spiro atoms. The zero-order chi connectivity index (χ0) is 21.5. The molecule has 2 aromatic carbocycles. The Kier molecular flexibility index (Phi) is 4.87. The van der Waals surface area contributed by atoms with E-state index in [-0.39, 0.29) is 6.10 Å². The van der Waals surface area contributed by atoms with E-state index in [0.29, 0.717) is 6.42 Å². The van der Waals surface area contributed by atoms with Crippen molar-refractivity contribution in [1.29, 1.82) is 0 Å². The average molecular weight is 441 g/mol. The third-order valence-electron chi connectivity index (χ3n) is 6.31. The SMILES string of the molecule is Cc1ccc2c(c1)/C(=N/Nc1ncnc3sc4c(c13)CCCC4)CC(c1ccccc1)O2. The molecule has 1 atom stereocenters. The third-order valence-corrected chi connectivity index (χ3v) is 7.51. The van der Waals surface area contributed by atoms with Crippen molar-refractivity contribution in [3.05, 3.63) is 82.0 Å². The summed E-state index contributed by atoms with van der Waals surface area (Å²) in [6.45, 7) is 2.10. The summed E-state index contributed by atoms with van der Waals surface area (Å²) in [6.07, 6.45) is 7.00. The number of ether oxygens (including phenoxy) is 1. The minimum Gasteiger partial charge on any atom is -0.485 e. The highest BCUT2D eigenvalue weighted by molar-refractivity contribution is 7.19. The molecule has 6 rings (SSSR count). The van der Waals surface area contributed by atoms with Gasteiger partial charge in [-0.15, -0.1) is 11.3 Å². The van der Waals surface area contributed by atoms with Gasteiger partial charge in [-0.2, -0.15) is 5.10 Å². The van der Waals surface area contributed by atoms with Crippen LogP contribution in [-0.4, -0.2) is 15.7 Å². The van der Waals surface area contributed by atoms with Crippen molar-refractivity contribution < 1.29 is 4.74 Å². The minimum absolute atomic E-state index is 0.0636. The fraction of sp³-hybridized carbons (Fsp3) is 0.269. The Balaban J connectivity index is 1.40. The second-order valence-corrected chi connectivity index (χ2v) is 9.59. The lowest BCUT2D eigenvalue weighted by molar-refractivity contribution is 0.206. The molecule has 32 heavy (non-hydrogen) atoms. The van der Waals surface area contributed by atoms with Gasteiger partial charge in [-0.1, -0.05) is 42.0 Å². The first-order chi connectivity index (χ1) is 15.8. The van der Waals surface area contributed by atoms with Crippen molar-refractivity contribution in [2.75, 3.05) is 5.43 Å². The van der Waals surface area contributed by atoms with E-state index in [0.717, 1.165) is 51.5 Å². The van der Waals surface area contributed by atoms with E-state index in [9.17, 15) is 0 Å². The minimum atomic E-state index is -0.0636. The zero-order valence-electron chi connectivity index (χ0n) is 18.0. The maximum atomic E-state index is 6.35. The van der Waals surface area contributed by atoms with Crippen LogP contribution >= 0.6 is 11.3 Å². The molecule has 0 amide bonds. The van der Waals surface area contributed by atoms with Gasteiger partial charge in [-0.3, -0.25) is 5.43 Å². The fourth-order valence-electron chi connectivity index (χ4n) is 4.71. The van der Waals surface area contributed by atoms with Crippen molar-refractivity contribution >= 4 is 33.1 Å². The first-order valence-corrected chi connectivity index (χ1v) is 12.0. The van der Waals surface area contributed by atoms with Crippen molar-refractivity contribution in [2.45, 2.75) is 45.1 Å². The number of benzene rings is 2. The second kappa shape index (κ2) is 8.02. The van der Waals surface area contributed by atoms with Gasteiger partial charge in [0.15, 0.2) is 5.82 Å². The summed E-state index contributed by atoms with van der Waals surface area (Å²) in [5.74, 6) is 1.68. The molecule has 1 aliphatic carbocycles. The molecular formula is C26H24N4OS. The monoisotopic (exact) mass is 440 g/mol. The van der Waals surface area contributed by atoms with Crippen LogP contribution in [0.15, 0.2) is 60.0 Å². The number of anilines is 1. The number of thiophene rings is 1. The van der Waals surface area contributed by atoms with E-state index in [2.05, 4.69) is 58.7 Å². The van der Waals surface area contributed by atoms with Crippen molar-refractivity contribution in [1.82, 2.24) is 9.97 Å². The molecule has 6 heteroatoms. The molecular weight excluding hydrogens is 416 g/mol. The van der Waals surface area contributed by atoms with Gasteiger partial charge in [0.2, 0.25) is 0 Å². The number of rotatable bonds is 3. The van der Waals surface area contributed by atoms with Crippen LogP contribution in [0, 0.1) is 6.92 Å². The zero-order valence-corrected chi connectivity index (χ0v) is 18.8. The number of aryl methyl sites for hydroxylation is 3. The average Bonchev–Trinajstić information content (AvgIpc) is 3.22. The fourth-order valence-corrected chi connectivity index (χ4v) is 5.94. The Bertz CT molecular complexity index is 1330. The molecule has 2 aromatic heterocycles. The molecule has 1 unspecified atom stereocenters. The topological polar surface area (TPSA) is 59.4 Å². The highest BCUT2D eigenvalue weighted by Crippen LogP contribution is 2.39. The molecule has 2 aliphatic rings. The molecule has 4 aromatic rings. The standard InChI is InChI=1S/C26H24N4OS/c1-16-11-12-21-19(13-16)20(14-22(31-21)17-7-3-2-4-8-17)29-30-25-24-18-9-5-6-10-23(18)32-26(24)28-15-27-25/h2-4,7-8,11-13,15,22H,5-6,9-10,14H2,1H3,(H,27,28,30)/b29-20+. The van der Waals surface area contributed by atoms with Crippen LogP contribution in [0.5, 0.6) is 5.75 Å². The van der Waals surface area contributed by atoms with Crippen molar-refractivity contribution in [3.8, 4) is 5.75 Å². The molecule has 1 aliphatic heterocycles. The van der Waals surface area contributed by atoms with Gasteiger partial charge < -0.3 is 4.74 Å². The van der Waals surface area contributed by atoms with Crippen LogP contribution in [-0.2, 0) is 12.8 Å². The first-order valence-electron chi connectivity index (χ1n) is 11.2. The maximum absolute atomic E-state index is 6.35. The summed E-state index contributed by atoms with van der Waals surface area (Å²) in [4.78, 5) is 11.6. The summed E-state index contributed by atoms with van der Waals surface area (Å²) < 4.78 is 6.35. The lowest BCUT2D eigenvalue weighted by Crippen LogP contribution is -2.22. The maximum Gasteiger partial charge on any atom is 0.158 e. The van der Waals surface area contributed by atoms with Gasteiger partial charge in [0, 0.05) is 16.9 Å². The lowest BCUT2D eigenvalue weighted by Gasteiger charge is -2.28. The van der Waals surface area contributed by atoms with Gasteiger partial charge in [-0.25, -0.2) is 9.97 Å². The predicted octanol–water partition coefficient (Wildman–Crippen LogP) is 6.22. The molecule has 1 N–H and O–H groups in total. The van der Waals surface area contributed by atoms with Gasteiger partial charge in [0.1, 0.15) is 23.0 Å². The number of hydrogen-bond donors (Lipinski definition) is 1. The summed E-state index contributed by atoms with van der Waals surface area (Å²) in [7, 11) is 0. The molecule has 0 radical (unpaired) electrons. The van der Waals surface area contributed by atoms with E-state index in [1.54, 1.807) is 17.7 Å². The quantitative estimate of drug-likeness (QED) is 0.384. The van der Waals surface area contributed by atoms with Gasteiger partial charge in [0.25, 0.3) is 0 Å². The van der Waals surface area contributed by atoms with E-state index in [4.69, 9.17) is 9.84 Å². The van der Waals surface area contributed by atoms with Gasteiger partial charge in [0.05, 0.1) is 11.1 Å². The molecule has 0 bridgehead atoms. The molecule has 160 valence electrons. The normalized spacial score (nSPS) is 18.8. The first kappa shape index (κ1) is 19.4. The van der Waals surface area contributed by atoms with Gasteiger partial charge >= 0.3 is 0 Å². The van der Waals surface area contributed by atoms with Crippen molar-refractivity contribution in [2.24, 2.45) is 5.10 Å². The number of nitrogens with one attached hydrogen (secondary N) is 1. The summed E-state index contributed by atoms with van der Waals surface area (Å²) >= 11 is 1.80. The van der Waals surface area contributed by atoms with E-state index in [1.807, 2.05) is 12.1 Å². The Labute approximate surface area is 191 Å². The smallest absolute Gasteiger partial charge is 0.158 e. The molecule has 3 heterocycles. The predicted molar refractivity (Wildman–Crippen MR) is 130 cm³/mol. The molecule has 0 saturated heterocycles. The third kappa shape index (κ3) is 3.45. The van der Waals surface area contributed by atoms with Crippen LogP contribution in [0.4, 0.5) is 5.82 Å². The number of nitrogens with zero attached hydrogens (tertiary/aromatic N) is 3. The highest BCUT2D eigenvalue weighted by Gasteiger charge is 2.27. The van der Waals surface area contributed by atoms with Crippen LogP contribution in [0.3, 0.4) is 0 Å². The Morgan fingerprint density at radius 3 is 2.84 bits per heavy atom. The van der Waals surface area contributed by atoms with Crippen LogP contribution < -0.4 is 10.2 Å². The van der Waals surface area contributed by atoms with Crippen LogP contribution in [0.1, 0.15) is 52.5 Å². The Hall–Kier alpha value is -3.25. The summed E-state index contributed by atoms with van der Waals surface area (Å²) in [5, 5.41) is 6.04. The van der Waals surface area contributed by atoms with E-state index in [1.165, 1.54) is 28.8 Å². The second-order valence-electron chi connectivity index (χ2n) is 8.50. The number of hydrogen-bond acceptors (Lipinski definition) is 6. The Morgan fingerprint density at radius 2 is 1.94 bits per heavy atom. The van der Waals surface area contributed by atoms with E-state index < -0.39 is 0 Å². The number of hydrazone groups is 1. The van der Waals surface area contributed by atoms with Gasteiger partial charge in [-0.05, 0) is 55.9 Å². The summed E-state index contributed by atoms with van der Waals surface area (Å²) in [6, 6.07) is 16.6. The number of fused-ring (bicyclic) bond motifs is 4. The largest absolute Gasteiger partial charge is 0.485 e. The lowest BCUT2D eigenvalue weighted by atomic mass is 9.94. The van der Waals surface area contributed by atoms with E-state index >= 15 is 0 Å².